The van der Waals surface area contributed by atoms with Gasteiger partial charge in [-0.25, -0.2) is 0 Å². The maximum atomic E-state index is 5.60. The Bertz CT molecular complexity index is 130. The van der Waals surface area contributed by atoms with E-state index in [9.17, 15) is 0 Å². The molecule has 0 heterocycles. The fourth-order valence-corrected chi connectivity index (χ4v) is 1.74. The molecule has 0 bridgehead atoms. The van der Waals surface area contributed by atoms with E-state index in [0.717, 1.165) is 19.1 Å². The highest BCUT2D eigenvalue weighted by atomic mass is 16.5. The number of nitrogens with one attached hydrogen (secondary N) is 1. The molecular formula is C12H25NO. The van der Waals surface area contributed by atoms with E-state index in [1.807, 2.05) is 7.05 Å². The van der Waals surface area contributed by atoms with Crippen molar-refractivity contribution in [3.63, 3.8) is 0 Å². The highest BCUT2D eigenvalue weighted by Gasteiger charge is 2.20. The van der Waals surface area contributed by atoms with Gasteiger partial charge in [0.15, 0.2) is 0 Å². The lowest BCUT2D eigenvalue weighted by Gasteiger charge is -2.13. The molecule has 1 unspecified atom stereocenters. The third-order valence-corrected chi connectivity index (χ3v) is 3.11. The van der Waals surface area contributed by atoms with Gasteiger partial charge in [-0.05, 0) is 38.6 Å². The molecule has 0 amide bonds. The van der Waals surface area contributed by atoms with E-state index < -0.39 is 0 Å². The normalized spacial score (nSPS) is 18.4. The lowest BCUT2D eigenvalue weighted by atomic mass is 10.1. The van der Waals surface area contributed by atoms with Crippen LogP contribution in [0.15, 0.2) is 0 Å². The van der Waals surface area contributed by atoms with E-state index in [-0.39, 0.29) is 0 Å². The zero-order chi connectivity index (χ0) is 10.2. The Kier molecular flexibility index (Phi) is 6.20. The minimum absolute atomic E-state index is 0.682. The SMILES string of the molecule is CCC(CCCOCCC1CC1)NC. The molecule has 1 saturated carbocycles. The first-order valence-corrected chi connectivity index (χ1v) is 6.11. The van der Waals surface area contributed by atoms with Gasteiger partial charge in [-0.2, -0.15) is 0 Å². The van der Waals surface area contributed by atoms with Gasteiger partial charge in [0, 0.05) is 19.3 Å². The number of hydrogen-bond acceptors (Lipinski definition) is 2. The predicted octanol–water partition coefficient (Wildman–Crippen LogP) is 2.58. The summed E-state index contributed by atoms with van der Waals surface area (Å²) in [7, 11) is 2.04. The lowest BCUT2D eigenvalue weighted by molar-refractivity contribution is 0.122. The molecule has 1 aliphatic rings. The molecule has 1 atom stereocenters. The Balaban J connectivity index is 1.78. The predicted molar refractivity (Wildman–Crippen MR) is 60.5 cm³/mol. The summed E-state index contributed by atoms with van der Waals surface area (Å²) in [5, 5.41) is 3.32. The van der Waals surface area contributed by atoms with Crippen LogP contribution in [0.1, 0.15) is 45.4 Å². The van der Waals surface area contributed by atoms with Gasteiger partial charge in [0.1, 0.15) is 0 Å². The van der Waals surface area contributed by atoms with Gasteiger partial charge in [0.25, 0.3) is 0 Å². The fourth-order valence-electron chi connectivity index (χ4n) is 1.74. The molecule has 0 radical (unpaired) electrons. The van der Waals surface area contributed by atoms with Crippen LogP contribution in [0.2, 0.25) is 0 Å². The average molecular weight is 199 g/mol. The van der Waals surface area contributed by atoms with Crippen LogP contribution in [-0.4, -0.2) is 26.3 Å². The molecular weight excluding hydrogens is 174 g/mol. The highest BCUT2D eigenvalue weighted by molar-refractivity contribution is 4.72. The van der Waals surface area contributed by atoms with Gasteiger partial charge in [-0.3, -0.25) is 0 Å². The van der Waals surface area contributed by atoms with Gasteiger partial charge < -0.3 is 10.1 Å². The minimum Gasteiger partial charge on any atom is -0.381 e. The summed E-state index contributed by atoms with van der Waals surface area (Å²) >= 11 is 0. The van der Waals surface area contributed by atoms with Crippen molar-refractivity contribution < 1.29 is 4.74 Å². The van der Waals surface area contributed by atoms with Crippen molar-refractivity contribution in [2.75, 3.05) is 20.3 Å². The maximum Gasteiger partial charge on any atom is 0.0468 e. The molecule has 1 N–H and O–H groups in total. The molecule has 1 rings (SSSR count). The molecule has 1 aliphatic carbocycles. The van der Waals surface area contributed by atoms with Crippen LogP contribution in [0.3, 0.4) is 0 Å². The molecule has 0 aromatic heterocycles. The number of ether oxygens (including phenoxy) is 1. The number of rotatable bonds is 9. The summed E-state index contributed by atoms with van der Waals surface area (Å²) in [6.45, 7) is 4.17. The highest BCUT2D eigenvalue weighted by Crippen LogP contribution is 2.32. The summed E-state index contributed by atoms with van der Waals surface area (Å²) in [6, 6.07) is 0.682. The van der Waals surface area contributed by atoms with Gasteiger partial charge in [0.05, 0.1) is 0 Å². The zero-order valence-electron chi connectivity index (χ0n) is 9.72. The number of hydrogen-bond donors (Lipinski definition) is 1. The van der Waals surface area contributed by atoms with E-state index >= 15 is 0 Å². The standard InChI is InChI=1S/C12H25NO/c1-3-12(13-2)5-4-9-14-10-8-11-6-7-11/h11-13H,3-10H2,1-2H3. The van der Waals surface area contributed by atoms with Gasteiger partial charge >= 0.3 is 0 Å². The van der Waals surface area contributed by atoms with E-state index in [1.54, 1.807) is 0 Å². The average Bonchev–Trinajstić information content (AvgIpc) is 3.01. The van der Waals surface area contributed by atoms with Crippen LogP contribution in [0.25, 0.3) is 0 Å². The zero-order valence-corrected chi connectivity index (χ0v) is 9.72. The second-order valence-corrected chi connectivity index (χ2v) is 4.38. The van der Waals surface area contributed by atoms with Gasteiger partial charge in [-0.15, -0.1) is 0 Å². The molecule has 14 heavy (non-hydrogen) atoms. The lowest BCUT2D eigenvalue weighted by Crippen LogP contribution is -2.24. The third-order valence-electron chi connectivity index (χ3n) is 3.11. The molecule has 2 nitrogen and oxygen atoms in total. The first-order valence-electron chi connectivity index (χ1n) is 6.11. The third kappa shape index (κ3) is 5.61. The second kappa shape index (κ2) is 7.24. The first-order chi connectivity index (χ1) is 6.86. The molecule has 84 valence electrons. The Morgan fingerprint density at radius 2 is 2.14 bits per heavy atom. The largest absolute Gasteiger partial charge is 0.381 e. The van der Waals surface area contributed by atoms with Crippen LogP contribution in [0.4, 0.5) is 0 Å². The Morgan fingerprint density at radius 1 is 1.36 bits per heavy atom. The quantitative estimate of drug-likeness (QED) is 0.576. The van der Waals surface area contributed by atoms with Crippen LogP contribution < -0.4 is 5.32 Å². The first kappa shape index (κ1) is 12.0. The topological polar surface area (TPSA) is 21.3 Å². The van der Waals surface area contributed by atoms with Crippen molar-refractivity contribution in [2.45, 2.75) is 51.5 Å². The minimum atomic E-state index is 0.682. The Hall–Kier alpha value is -0.0800. The van der Waals surface area contributed by atoms with Crippen molar-refractivity contribution in [1.82, 2.24) is 5.32 Å². The van der Waals surface area contributed by atoms with E-state index in [2.05, 4.69) is 12.2 Å². The van der Waals surface area contributed by atoms with Crippen LogP contribution in [0.5, 0.6) is 0 Å². The molecule has 0 spiro atoms. The van der Waals surface area contributed by atoms with Crippen LogP contribution in [-0.2, 0) is 4.74 Å². The van der Waals surface area contributed by atoms with Crippen molar-refractivity contribution in [3.8, 4) is 0 Å². The maximum absolute atomic E-state index is 5.60. The molecule has 2 heteroatoms. The molecule has 0 saturated heterocycles. The van der Waals surface area contributed by atoms with Crippen molar-refractivity contribution in [1.29, 1.82) is 0 Å². The smallest absolute Gasteiger partial charge is 0.0468 e. The molecule has 0 aromatic rings. The molecule has 1 fully saturated rings. The van der Waals surface area contributed by atoms with Crippen molar-refractivity contribution in [3.05, 3.63) is 0 Å². The summed E-state index contributed by atoms with van der Waals surface area (Å²) in [6.07, 6.45) is 7.85. The summed E-state index contributed by atoms with van der Waals surface area (Å²) < 4.78 is 5.60. The van der Waals surface area contributed by atoms with Crippen LogP contribution in [0, 0.1) is 5.92 Å². The van der Waals surface area contributed by atoms with E-state index in [4.69, 9.17) is 4.74 Å². The fraction of sp³-hybridized carbons (Fsp3) is 1.00. The summed E-state index contributed by atoms with van der Waals surface area (Å²) in [4.78, 5) is 0. The van der Waals surface area contributed by atoms with Gasteiger partial charge in [0.2, 0.25) is 0 Å². The monoisotopic (exact) mass is 199 g/mol. The summed E-state index contributed by atoms with van der Waals surface area (Å²) in [5.41, 5.74) is 0. The van der Waals surface area contributed by atoms with E-state index in [0.29, 0.717) is 6.04 Å². The Labute approximate surface area is 88.4 Å². The van der Waals surface area contributed by atoms with Crippen molar-refractivity contribution >= 4 is 0 Å². The molecule has 0 aliphatic heterocycles. The van der Waals surface area contributed by atoms with Crippen molar-refractivity contribution in [2.24, 2.45) is 5.92 Å². The van der Waals surface area contributed by atoms with Crippen LogP contribution >= 0.6 is 0 Å². The Morgan fingerprint density at radius 3 is 2.71 bits per heavy atom. The van der Waals surface area contributed by atoms with Gasteiger partial charge in [-0.1, -0.05) is 19.8 Å². The molecule has 0 aromatic carbocycles. The van der Waals surface area contributed by atoms with E-state index in [1.165, 1.54) is 38.5 Å². The second-order valence-electron chi connectivity index (χ2n) is 4.38. The summed E-state index contributed by atoms with van der Waals surface area (Å²) in [5.74, 6) is 1.01.